The lowest BCUT2D eigenvalue weighted by Gasteiger charge is -2.14. The third-order valence-electron chi connectivity index (χ3n) is 3.02. The summed E-state index contributed by atoms with van der Waals surface area (Å²) in [6.45, 7) is 2.10. The van der Waals surface area contributed by atoms with Crippen LogP contribution in [0.2, 0.25) is 9.62 Å². The maximum absolute atomic E-state index is 6.13. The Hall–Kier alpha value is -0.580. The number of thiophene rings is 1. The van der Waals surface area contributed by atoms with Crippen molar-refractivity contribution in [2.45, 2.75) is 31.7 Å². The van der Waals surface area contributed by atoms with Crippen molar-refractivity contribution in [3.63, 3.8) is 0 Å². The summed E-state index contributed by atoms with van der Waals surface area (Å²) in [6, 6.07) is 4.09. The first-order valence-corrected chi connectivity index (χ1v) is 7.09. The molecule has 1 atom stereocenters. The number of hydrogen-bond donors (Lipinski definition) is 0. The monoisotopic (exact) mass is 287 g/mol. The molecule has 0 N–H and O–H groups in total. The predicted octanol–water partition coefficient (Wildman–Crippen LogP) is 4.13. The zero-order valence-corrected chi connectivity index (χ0v) is 11.6. The topological polar surface area (TPSA) is 30.7 Å². The van der Waals surface area contributed by atoms with Gasteiger partial charge in [-0.15, -0.1) is 21.5 Å². The van der Waals surface area contributed by atoms with E-state index < -0.39 is 0 Å². The Labute approximate surface area is 113 Å². The van der Waals surface area contributed by atoms with Crippen LogP contribution in [0.5, 0.6) is 0 Å². The van der Waals surface area contributed by atoms with Crippen LogP contribution in [0.15, 0.2) is 12.1 Å². The van der Waals surface area contributed by atoms with E-state index in [2.05, 4.69) is 17.1 Å². The van der Waals surface area contributed by atoms with Crippen molar-refractivity contribution in [1.82, 2.24) is 14.8 Å². The molecule has 0 spiro atoms. The lowest BCUT2D eigenvalue weighted by atomic mass is 10.2. The molecule has 1 unspecified atom stereocenters. The fourth-order valence-corrected chi connectivity index (χ4v) is 3.32. The Bertz CT molecular complexity index is 545. The van der Waals surface area contributed by atoms with Crippen molar-refractivity contribution in [3.8, 4) is 0 Å². The van der Waals surface area contributed by atoms with E-state index in [-0.39, 0.29) is 6.04 Å². The zero-order chi connectivity index (χ0) is 12.0. The second kappa shape index (κ2) is 4.26. The van der Waals surface area contributed by atoms with Crippen LogP contribution < -0.4 is 0 Å². The van der Waals surface area contributed by atoms with Gasteiger partial charge in [0.05, 0.1) is 10.4 Å². The van der Waals surface area contributed by atoms with E-state index in [0.29, 0.717) is 11.2 Å². The largest absolute Gasteiger partial charge is 0.293 e. The molecule has 2 aromatic heterocycles. The smallest absolute Gasteiger partial charge is 0.225 e. The number of halogens is 2. The molecule has 90 valence electrons. The number of rotatable bonds is 3. The molecule has 0 radical (unpaired) electrons. The average molecular weight is 288 g/mol. The highest BCUT2D eigenvalue weighted by atomic mass is 35.5. The van der Waals surface area contributed by atoms with Crippen LogP contribution in [0.3, 0.4) is 0 Å². The van der Waals surface area contributed by atoms with Crippen molar-refractivity contribution in [2.75, 3.05) is 0 Å². The molecule has 1 fully saturated rings. The Morgan fingerprint density at radius 1 is 1.35 bits per heavy atom. The molecule has 3 nitrogen and oxygen atoms in total. The summed E-state index contributed by atoms with van der Waals surface area (Å²) in [5, 5.41) is 8.63. The first-order valence-electron chi connectivity index (χ1n) is 5.52. The van der Waals surface area contributed by atoms with Crippen LogP contribution in [0.25, 0.3) is 0 Å². The summed E-state index contributed by atoms with van der Waals surface area (Å²) >= 11 is 13.7. The zero-order valence-electron chi connectivity index (χ0n) is 9.23. The lowest BCUT2D eigenvalue weighted by Crippen LogP contribution is -2.09. The second-order valence-electron chi connectivity index (χ2n) is 4.29. The first-order chi connectivity index (χ1) is 8.16. The van der Waals surface area contributed by atoms with Gasteiger partial charge in [-0.1, -0.05) is 11.6 Å². The maximum atomic E-state index is 6.13. The molecule has 0 saturated heterocycles. The van der Waals surface area contributed by atoms with E-state index in [1.54, 1.807) is 11.3 Å². The van der Waals surface area contributed by atoms with E-state index in [1.807, 2.05) is 16.7 Å². The summed E-state index contributed by atoms with van der Waals surface area (Å²) < 4.78 is 2.81. The molecule has 0 amide bonds. The van der Waals surface area contributed by atoms with E-state index in [4.69, 9.17) is 23.2 Å². The third kappa shape index (κ3) is 2.09. The molecule has 0 aliphatic heterocycles. The van der Waals surface area contributed by atoms with Gasteiger partial charge in [0.1, 0.15) is 5.82 Å². The minimum atomic E-state index is 0.144. The van der Waals surface area contributed by atoms with Crippen molar-refractivity contribution < 1.29 is 0 Å². The van der Waals surface area contributed by atoms with Crippen LogP contribution in [0.4, 0.5) is 0 Å². The molecule has 0 aromatic carbocycles. The maximum Gasteiger partial charge on any atom is 0.225 e. The summed E-state index contributed by atoms with van der Waals surface area (Å²) in [5.74, 6) is 1.54. The Kier molecular flexibility index (Phi) is 2.89. The van der Waals surface area contributed by atoms with Gasteiger partial charge in [-0.3, -0.25) is 4.57 Å². The first kappa shape index (κ1) is 11.5. The van der Waals surface area contributed by atoms with E-state index >= 15 is 0 Å². The Balaban J connectivity index is 2.00. The summed E-state index contributed by atoms with van der Waals surface area (Å²) in [4.78, 5) is 1.18. The van der Waals surface area contributed by atoms with Crippen LogP contribution in [0, 0.1) is 0 Å². The minimum absolute atomic E-state index is 0.144. The highest BCUT2D eigenvalue weighted by Gasteiger charge is 2.32. The predicted molar refractivity (Wildman–Crippen MR) is 70.1 cm³/mol. The summed E-state index contributed by atoms with van der Waals surface area (Å²) in [6.07, 6.45) is 2.37. The van der Waals surface area contributed by atoms with Gasteiger partial charge in [0.25, 0.3) is 0 Å². The van der Waals surface area contributed by atoms with Crippen LogP contribution in [-0.4, -0.2) is 14.8 Å². The molecule has 0 bridgehead atoms. The molecular formula is C11H11Cl2N3S. The molecule has 2 aromatic rings. The van der Waals surface area contributed by atoms with Crippen LogP contribution in [-0.2, 0) is 0 Å². The van der Waals surface area contributed by atoms with E-state index in [0.717, 1.165) is 10.2 Å². The molecular weight excluding hydrogens is 277 g/mol. The fraction of sp³-hybridized carbons (Fsp3) is 0.455. The van der Waals surface area contributed by atoms with Gasteiger partial charge < -0.3 is 0 Å². The van der Waals surface area contributed by atoms with Crippen molar-refractivity contribution in [3.05, 3.63) is 32.5 Å². The van der Waals surface area contributed by atoms with Gasteiger partial charge in [0.15, 0.2) is 0 Å². The normalized spacial score (nSPS) is 17.4. The van der Waals surface area contributed by atoms with E-state index in [9.17, 15) is 0 Å². The Morgan fingerprint density at radius 3 is 2.71 bits per heavy atom. The van der Waals surface area contributed by atoms with Crippen molar-refractivity contribution >= 4 is 34.5 Å². The number of aromatic nitrogens is 3. The third-order valence-corrected chi connectivity index (χ3v) is 4.68. The van der Waals surface area contributed by atoms with Gasteiger partial charge in [-0.25, -0.2) is 0 Å². The van der Waals surface area contributed by atoms with Crippen molar-refractivity contribution in [1.29, 1.82) is 0 Å². The van der Waals surface area contributed by atoms with Gasteiger partial charge in [-0.2, -0.15) is 0 Å². The van der Waals surface area contributed by atoms with Gasteiger partial charge in [0.2, 0.25) is 5.28 Å². The molecule has 2 heterocycles. The molecule has 1 aliphatic rings. The Morgan fingerprint density at radius 2 is 2.12 bits per heavy atom. The van der Waals surface area contributed by atoms with Gasteiger partial charge >= 0.3 is 0 Å². The quantitative estimate of drug-likeness (QED) is 0.850. The fourth-order valence-electron chi connectivity index (χ4n) is 1.94. The van der Waals surface area contributed by atoms with E-state index in [1.165, 1.54) is 17.7 Å². The molecule has 3 rings (SSSR count). The highest BCUT2D eigenvalue weighted by molar-refractivity contribution is 7.16. The molecule has 6 heteroatoms. The molecule has 1 saturated carbocycles. The number of nitrogens with zero attached hydrogens (tertiary/aromatic N) is 3. The highest BCUT2D eigenvalue weighted by Crippen LogP contribution is 2.42. The lowest BCUT2D eigenvalue weighted by molar-refractivity contribution is 0.612. The summed E-state index contributed by atoms with van der Waals surface area (Å²) in [7, 11) is 0. The van der Waals surface area contributed by atoms with Gasteiger partial charge in [-0.05, 0) is 43.5 Å². The molecule has 17 heavy (non-hydrogen) atoms. The molecule has 1 aliphatic carbocycles. The second-order valence-corrected chi connectivity index (χ2v) is 6.37. The number of hydrogen-bond acceptors (Lipinski definition) is 3. The standard InChI is InChI=1S/C11H11Cl2N3S/c1-6(8-4-5-9(12)17-8)16-10(7-2-3-7)14-15-11(16)13/h4-7H,2-3H2,1H3. The SMILES string of the molecule is CC(c1ccc(Cl)s1)n1c(Cl)nnc1C1CC1. The van der Waals surface area contributed by atoms with Gasteiger partial charge in [0, 0.05) is 10.8 Å². The summed E-state index contributed by atoms with van der Waals surface area (Å²) in [5.41, 5.74) is 0. The average Bonchev–Trinajstić information content (AvgIpc) is 2.94. The van der Waals surface area contributed by atoms with Crippen molar-refractivity contribution in [2.24, 2.45) is 0 Å². The van der Waals surface area contributed by atoms with Crippen LogP contribution >= 0.6 is 34.5 Å². The van der Waals surface area contributed by atoms with Crippen LogP contribution in [0.1, 0.15) is 42.4 Å². The minimum Gasteiger partial charge on any atom is -0.293 e.